The quantitative estimate of drug-likeness (QED) is 0.737. The van der Waals surface area contributed by atoms with Crippen LogP contribution in [0.5, 0.6) is 0 Å². The van der Waals surface area contributed by atoms with E-state index in [2.05, 4.69) is 17.0 Å². The Bertz CT molecular complexity index is 542. The third kappa shape index (κ3) is 1.41. The molecule has 3 rings (SSSR count). The van der Waals surface area contributed by atoms with Crippen molar-refractivity contribution in [3.63, 3.8) is 0 Å². The molecule has 2 aromatic heterocycles. The summed E-state index contributed by atoms with van der Waals surface area (Å²) in [5.41, 5.74) is 1.48. The molecular weight excluding hydrogens is 202 g/mol. The molecule has 82 valence electrons. The van der Waals surface area contributed by atoms with Crippen LogP contribution in [0, 0.1) is 5.92 Å². The van der Waals surface area contributed by atoms with E-state index in [0.29, 0.717) is 11.6 Å². The number of hydrogen-bond acceptors (Lipinski definition) is 3. The van der Waals surface area contributed by atoms with Crippen molar-refractivity contribution >= 4 is 17.3 Å². The van der Waals surface area contributed by atoms with Crippen molar-refractivity contribution < 1.29 is 4.79 Å². The summed E-state index contributed by atoms with van der Waals surface area (Å²) in [7, 11) is 0. The Morgan fingerprint density at radius 3 is 3.00 bits per heavy atom. The van der Waals surface area contributed by atoms with E-state index < -0.39 is 0 Å². The topological polar surface area (TPSA) is 47.8 Å². The average molecular weight is 215 g/mol. The molecule has 0 N–H and O–H groups in total. The Hall–Kier alpha value is -1.71. The Morgan fingerprint density at radius 1 is 1.50 bits per heavy atom. The zero-order valence-electron chi connectivity index (χ0n) is 9.13. The highest BCUT2D eigenvalue weighted by Gasteiger charge is 2.30. The molecule has 0 radical (unpaired) electrons. The molecule has 4 heteroatoms. The minimum absolute atomic E-state index is 0.409. The van der Waals surface area contributed by atoms with Gasteiger partial charge in [-0.1, -0.05) is 0 Å². The van der Waals surface area contributed by atoms with Crippen LogP contribution in [0.1, 0.15) is 36.2 Å². The largest absolute Gasteiger partial charge is 0.298 e. The number of aldehydes is 1. The highest BCUT2D eigenvalue weighted by atomic mass is 16.1. The fraction of sp³-hybridized carbons (Fsp3) is 0.417. The predicted molar refractivity (Wildman–Crippen MR) is 60.4 cm³/mol. The van der Waals surface area contributed by atoms with Crippen molar-refractivity contribution in [3.05, 3.63) is 24.0 Å². The lowest BCUT2D eigenvalue weighted by Gasteiger charge is -2.11. The molecular formula is C12H13N3O. The Morgan fingerprint density at radius 2 is 2.31 bits per heavy atom. The van der Waals surface area contributed by atoms with Crippen molar-refractivity contribution in [1.29, 1.82) is 0 Å². The van der Waals surface area contributed by atoms with Gasteiger partial charge in [-0.05, 0) is 31.7 Å². The van der Waals surface area contributed by atoms with Crippen LogP contribution in [0.2, 0.25) is 0 Å². The number of fused-ring (bicyclic) bond motifs is 1. The van der Waals surface area contributed by atoms with Crippen LogP contribution in [0.15, 0.2) is 18.5 Å². The van der Waals surface area contributed by atoms with Gasteiger partial charge in [-0.15, -0.1) is 0 Å². The smallest absolute Gasteiger partial charge is 0.158 e. The third-order valence-electron chi connectivity index (χ3n) is 3.28. The maximum absolute atomic E-state index is 10.6. The van der Waals surface area contributed by atoms with Gasteiger partial charge >= 0.3 is 0 Å². The molecule has 1 aliphatic carbocycles. The second-order valence-electron chi connectivity index (χ2n) is 4.47. The molecule has 0 amide bonds. The highest BCUT2D eigenvalue weighted by molar-refractivity contribution is 5.83. The number of rotatable bonds is 3. The van der Waals surface area contributed by atoms with Gasteiger partial charge in [-0.3, -0.25) is 4.79 Å². The lowest BCUT2D eigenvalue weighted by molar-refractivity contribution is 0.112. The van der Waals surface area contributed by atoms with E-state index in [1.807, 2.05) is 10.7 Å². The summed E-state index contributed by atoms with van der Waals surface area (Å²) in [4.78, 5) is 15.0. The minimum atomic E-state index is 0.409. The number of pyridine rings is 1. The van der Waals surface area contributed by atoms with Crippen molar-refractivity contribution in [3.8, 4) is 0 Å². The number of carbonyl (C=O) groups excluding carboxylic acids is 1. The Kier molecular flexibility index (Phi) is 2.02. The lowest BCUT2D eigenvalue weighted by Crippen LogP contribution is -2.09. The normalized spacial score (nSPS) is 17.6. The van der Waals surface area contributed by atoms with Gasteiger partial charge in [0.15, 0.2) is 11.9 Å². The molecule has 1 fully saturated rings. The molecule has 0 bridgehead atoms. The van der Waals surface area contributed by atoms with Crippen molar-refractivity contribution in [1.82, 2.24) is 14.8 Å². The zero-order chi connectivity index (χ0) is 11.1. The fourth-order valence-electron chi connectivity index (χ4n) is 2.10. The van der Waals surface area contributed by atoms with Gasteiger partial charge in [0.2, 0.25) is 0 Å². The van der Waals surface area contributed by atoms with Crippen LogP contribution in [-0.4, -0.2) is 21.1 Å². The van der Waals surface area contributed by atoms with E-state index in [-0.39, 0.29) is 0 Å². The summed E-state index contributed by atoms with van der Waals surface area (Å²) in [5, 5.41) is 5.31. The van der Waals surface area contributed by atoms with Gasteiger partial charge < -0.3 is 0 Å². The first-order valence-corrected chi connectivity index (χ1v) is 5.58. The first kappa shape index (κ1) is 9.51. The number of carbonyl (C=O) groups is 1. The summed E-state index contributed by atoms with van der Waals surface area (Å²) in [5.74, 6) is 0.746. The molecule has 0 aliphatic heterocycles. The Balaban J connectivity index is 2.09. The number of hydrogen-bond donors (Lipinski definition) is 0. The van der Waals surface area contributed by atoms with Gasteiger partial charge in [-0.25, -0.2) is 9.67 Å². The van der Waals surface area contributed by atoms with E-state index in [4.69, 9.17) is 0 Å². The van der Waals surface area contributed by atoms with E-state index in [1.54, 1.807) is 12.4 Å². The monoisotopic (exact) mass is 215 g/mol. The summed E-state index contributed by atoms with van der Waals surface area (Å²) in [6.07, 6.45) is 6.78. The second kappa shape index (κ2) is 3.40. The third-order valence-corrected chi connectivity index (χ3v) is 3.28. The summed E-state index contributed by atoms with van der Waals surface area (Å²) < 4.78 is 1.97. The molecule has 4 nitrogen and oxygen atoms in total. The molecule has 1 unspecified atom stereocenters. The van der Waals surface area contributed by atoms with E-state index in [1.165, 1.54) is 12.8 Å². The fourth-order valence-corrected chi connectivity index (χ4v) is 2.10. The van der Waals surface area contributed by atoms with Crippen molar-refractivity contribution in [2.24, 2.45) is 5.92 Å². The standard InChI is InChI=1S/C12H13N3O/c1-8(10-2-3-10)15-12-11(6-14-15)4-9(7-16)5-13-12/h4-8,10H,2-3H2,1H3. The Labute approximate surface area is 93.3 Å². The van der Waals surface area contributed by atoms with Crippen molar-refractivity contribution in [2.45, 2.75) is 25.8 Å². The molecule has 0 spiro atoms. The molecule has 1 saturated carbocycles. The SMILES string of the molecule is CC(C1CC1)n1ncc2cc(C=O)cnc21. The molecule has 2 heterocycles. The van der Waals surface area contributed by atoms with Crippen LogP contribution in [0.4, 0.5) is 0 Å². The molecule has 0 aromatic carbocycles. The predicted octanol–water partition coefficient (Wildman–Crippen LogP) is 2.21. The summed E-state index contributed by atoms with van der Waals surface area (Å²) >= 11 is 0. The first-order valence-electron chi connectivity index (χ1n) is 5.58. The van der Waals surface area contributed by atoms with Gasteiger partial charge in [-0.2, -0.15) is 5.10 Å². The number of aromatic nitrogens is 3. The van der Waals surface area contributed by atoms with E-state index in [9.17, 15) is 4.79 Å². The van der Waals surface area contributed by atoms with Crippen LogP contribution < -0.4 is 0 Å². The average Bonchev–Trinajstić information content (AvgIpc) is 3.08. The molecule has 16 heavy (non-hydrogen) atoms. The molecule has 2 aromatic rings. The van der Waals surface area contributed by atoms with E-state index in [0.717, 1.165) is 23.2 Å². The van der Waals surface area contributed by atoms with Crippen LogP contribution >= 0.6 is 0 Å². The van der Waals surface area contributed by atoms with Gasteiger partial charge in [0.25, 0.3) is 0 Å². The summed E-state index contributed by atoms with van der Waals surface area (Å²) in [6.45, 7) is 2.18. The molecule has 1 aliphatic rings. The van der Waals surface area contributed by atoms with Gasteiger partial charge in [0, 0.05) is 17.1 Å². The van der Waals surface area contributed by atoms with Crippen LogP contribution in [-0.2, 0) is 0 Å². The maximum atomic E-state index is 10.6. The van der Waals surface area contributed by atoms with Crippen LogP contribution in [0.3, 0.4) is 0 Å². The summed E-state index contributed by atoms with van der Waals surface area (Å²) in [6, 6.07) is 2.24. The maximum Gasteiger partial charge on any atom is 0.158 e. The van der Waals surface area contributed by atoms with Gasteiger partial charge in [0.1, 0.15) is 0 Å². The highest BCUT2D eigenvalue weighted by Crippen LogP contribution is 2.39. The minimum Gasteiger partial charge on any atom is -0.298 e. The van der Waals surface area contributed by atoms with Crippen molar-refractivity contribution in [2.75, 3.05) is 0 Å². The van der Waals surface area contributed by atoms with Crippen LogP contribution in [0.25, 0.3) is 11.0 Å². The lowest BCUT2D eigenvalue weighted by atomic mass is 10.2. The first-order chi connectivity index (χ1) is 7.79. The number of nitrogens with zero attached hydrogens (tertiary/aromatic N) is 3. The molecule has 1 atom stereocenters. The second-order valence-corrected chi connectivity index (χ2v) is 4.47. The molecule has 0 saturated heterocycles. The zero-order valence-corrected chi connectivity index (χ0v) is 9.13. The van der Waals surface area contributed by atoms with E-state index >= 15 is 0 Å². The van der Waals surface area contributed by atoms with Gasteiger partial charge in [0.05, 0.1) is 12.2 Å².